The Balaban J connectivity index is 1.91. The number of pyridine rings is 1. The van der Waals surface area contributed by atoms with Gasteiger partial charge in [0.25, 0.3) is 5.91 Å². The van der Waals surface area contributed by atoms with Crippen LogP contribution < -0.4 is 10.6 Å². The molecule has 6 heteroatoms. The molecule has 0 saturated carbocycles. The minimum Gasteiger partial charge on any atom is -0.359 e. The van der Waals surface area contributed by atoms with Crippen molar-refractivity contribution in [1.29, 1.82) is 0 Å². The van der Waals surface area contributed by atoms with E-state index in [9.17, 15) is 4.79 Å². The first-order chi connectivity index (χ1) is 9.15. The number of anilines is 1. The van der Waals surface area contributed by atoms with E-state index in [1.807, 2.05) is 26.0 Å². The van der Waals surface area contributed by atoms with Crippen molar-refractivity contribution in [3.63, 3.8) is 0 Å². The normalized spacial score (nSPS) is 10.5. The van der Waals surface area contributed by atoms with Gasteiger partial charge in [0.15, 0.2) is 5.13 Å². The Morgan fingerprint density at radius 2 is 2.32 bits per heavy atom. The smallest absolute Gasteiger partial charge is 0.271 e. The molecule has 0 fully saturated rings. The summed E-state index contributed by atoms with van der Waals surface area (Å²) in [4.78, 5) is 20.1. The second-order valence-corrected chi connectivity index (χ2v) is 5.24. The third kappa shape index (κ3) is 4.03. The molecule has 0 spiro atoms. The molecule has 0 aromatic carbocycles. The zero-order valence-corrected chi connectivity index (χ0v) is 11.7. The highest BCUT2D eigenvalue weighted by Gasteiger charge is 2.10. The Bertz CT molecular complexity index is 539. The van der Waals surface area contributed by atoms with Gasteiger partial charge in [-0.2, -0.15) is 0 Å². The van der Waals surface area contributed by atoms with E-state index in [1.54, 1.807) is 17.8 Å². The lowest BCUT2D eigenvalue weighted by Gasteiger charge is -2.05. The van der Waals surface area contributed by atoms with Crippen LogP contribution in [-0.4, -0.2) is 21.9 Å². The van der Waals surface area contributed by atoms with Crippen LogP contribution >= 0.6 is 11.3 Å². The molecule has 0 atom stereocenters. The number of carbonyl (C=O) groups excluding carboxylic acids is 1. The summed E-state index contributed by atoms with van der Waals surface area (Å²) in [5.41, 5.74) is 1.41. The highest BCUT2D eigenvalue weighted by atomic mass is 32.1. The van der Waals surface area contributed by atoms with Gasteiger partial charge in [0, 0.05) is 30.4 Å². The average Bonchev–Trinajstić information content (AvgIpc) is 2.85. The largest absolute Gasteiger partial charge is 0.359 e. The predicted molar refractivity (Wildman–Crippen MR) is 76.3 cm³/mol. The first-order valence-corrected chi connectivity index (χ1v) is 6.92. The van der Waals surface area contributed by atoms with Crippen molar-refractivity contribution in [3.8, 4) is 0 Å². The molecule has 2 N–H and O–H groups in total. The van der Waals surface area contributed by atoms with Crippen LogP contribution in [0.25, 0.3) is 0 Å². The number of nitrogens with one attached hydrogen (secondary N) is 2. The molecule has 0 unspecified atom stereocenters. The molecule has 5 nitrogen and oxygen atoms in total. The number of hydrogen-bond acceptors (Lipinski definition) is 5. The Labute approximate surface area is 116 Å². The van der Waals surface area contributed by atoms with Crippen LogP contribution in [0.5, 0.6) is 0 Å². The van der Waals surface area contributed by atoms with Crippen LogP contribution in [0.4, 0.5) is 5.13 Å². The summed E-state index contributed by atoms with van der Waals surface area (Å²) in [6.45, 7) is 4.52. The minimum absolute atomic E-state index is 0.170. The quantitative estimate of drug-likeness (QED) is 0.879. The second kappa shape index (κ2) is 6.29. The first-order valence-electron chi connectivity index (χ1n) is 6.04. The van der Waals surface area contributed by atoms with E-state index in [2.05, 4.69) is 20.6 Å². The van der Waals surface area contributed by atoms with Crippen molar-refractivity contribution < 1.29 is 4.79 Å². The zero-order chi connectivity index (χ0) is 13.7. The van der Waals surface area contributed by atoms with Gasteiger partial charge in [-0.25, -0.2) is 4.98 Å². The van der Waals surface area contributed by atoms with Crippen molar-refractivity contribution in [2.75, 3.05) is 5.32 Å². The van der Waals surface area contributed by atoms with E-state index in [-0.39, 0.29) is 5.91 Å². The summed E-state index contributed by atoms with van der Waals surface area (Å²) >= 11 is 1.43. The van der Waals surface area contributed by atoms with E-state index < -0.39 is 0 Å². The van der Waals surface area contributed by atoms with E-state index in [4.69, 9.17) is 0 Å². The molecule has 19 heavy (non-hydrogen) atoms. The summed E-state index contributed by atoms with van der Waals surface area (Å²) < 4.78 is 0. The minimum atomic E-state index is -0.170. The predicted octanol–water partition coefficient (Wildman–Crippen LogP) is 2.29. The van der Waals surface area contributed by atoms with Gasteiger partial charge in [0.05, 0.1) is 0 Å². The molecule has 0 aliphatic heterocycles. The van der Waals surface area contributed by atoms with Crippen LogP contribution in [0.1, 0.15) is 29.9 Å². The summed E-state index contributed by atoms with van der Waals surface area (Å²) in [5, 5.41) is 8.51. The Hall–Kier alpha value is -1.95. The fourth-order valence-electron chi connectivity index (χ4n) is 1.47. The molecule has 2 rings (SSSR count). The molecule has 100 valence electrons. The van der Waals surface area contributed by atoms with Crippen LogP contribution in [0.3, 0.4) is 0 Å². The topological polar surface area (TPSA) is 66.9 Å². The maximum Gasteiger partial charge on any atom is 0.271 e. The van der Waals surface area contributed by atoms with Gasteiger partial charge in [-0.15, -0.1) is 11.3 Å². The second-order valence-electron chi connectivity index (χ2n) is 4.38. The summed E-state index contributed by atoms with van der Waals surface area (Å²) in [5.74, 6) is -0.170. The fourth-order valence-corrected chi connectivity index (χ4v) is 2.30. The number of rotatable bonds is 5. The first kappa shape index (κ1) is 13.5. The van der Waals surface area contributed by atoms with Crippen LogP contribution in [0.15, 0.2) is 29.9 Å². The van der Waals surface area contributed by atoms with Crippen molar-refractivity contribution in [2.24, 2.45) is 0 Å². The van der Waals surface area contributed by atoms with Crippen LogP contribution in [0, 0.1) is 0 Å². The van der Waals surface area contributed by atoms with E-state index in [0.29, 0.717) is 18.3 Å². The Kier molecular flexibility index (Phi) is 4.46. The number of thiazole rings is 1. The maximum atomic E-state index is 11.9. The number of aromatic nitrogens is 2. The van der Waals surface area contributed by atoms with Gasteiger partial charge in [-0.3, -0.25) is 9.78 Å². The lowest BCUT2D eigenvalue weighted by atomic mass is 10.3. The Morgan fingerprint density at radius 1 is 1.47 bits per heavy atom. The highest BCUT2D eigenvalue weighted by Crippen LogP contribution is 2.16. The lowest BCUT2D eigenvalue weighted by Crippen LogP contribution is -2.23. The fraction of sp³-hybridized carbons (Fsp3) is 0.308. The SMILES string of the molecule is CC(C)Nc1nc(C(=O)NCc2cccnc2)cs1. The third-order valence-electron chi connectivity index (χ3n) is 2.32. The Morgan fingerprint density at radius 3 is 3.00 bits per heavy atom. The van der Waals surface area contributed by atoms with E-state index >= 15 is 0 Å². The summed E-state index contributed by atoms with van der Waals surface area (Å²) in [7, 11) is 0. The van der Waals surface area contributed by atoms with Gasteiger partial charge < -0.3 is 10.6 Å². The molecule has 1 amide bonds. The van der Waals surface area contributed by atoms with Crippen molar-refractivity contribution in [1.82, 2.24) is 15.3 Å². The molecule has 0 saturated heterocycles. The van der Waals surface area contributed by atoms with Gasteiger partial charge in [-0.05, 0) is 25.5 Å². The van der Waals surface area contributed by atoms with Crippen LogP contribution in [-0.2, 0) is 6.54 Å². The third-order valence-corrected chi connectivity index (χ3v) is 3.10. The standard InChI is InChI=1S/C13H16N4OS/c1-9(2)16-13-17-11(8-19-13)12(18)15-7-10-4-3-5-14-6-10/h3-6,8-9H,7H2,1-2H3,(H,15,18)(H,16,17). The number of hydrogen-bond donors (Lipinski definition) is 2. The number of nitrogens with zero attached hydrogens (tertiary/aromatic N) is 2. The van der Waals surface area contributed by atoms with Gasteiger partial charge in [-0.1, -0.05) is 6.07 Å². The number of amides is 1. The van der Waals surface area contributed by atoms with Crippen molar-refractivity contribution >= 4 is 22.4 Å². The molecule has 0 aliphatic rings. The number of carbonyl (C=O) groups is 1. The van der Waals surface area contributed by atoms with Crippen molar-refractivity contribution in [3.05, 3.63) is 41.2 Å². The van der Waals surface area contributed by atoms with Gasteiger partial charge in [0.1, 0.15) is 5.69 Å². The average molecular weight is 276 g/mol. The summed E-state index contributed by atoms with van der Waals surface area (Å²) in [6.07, 6.45) is 3.43. The monoisotopic (exact) mass is 276 g/mol. The highest BCUT2D eigenvalue weighted by molar-refractivity contribution is 7.13. The van der Waals surface area contributed by atoms with Crippen LogP contribution in [0.2, 0.25) is 0 Å². The molecule has 0 radical (unpaired) electrons. The van der Waals surface area contributed by atoms with E-state index in [0.717, 1.165) is 10.7 Å². The maximum absolute atomic E-state index is 11.9. The van der Waals surface area contributed by atoms with Gasteiger partial charge >= 0.3 is 0 Å². The summed E-state index contributed by atoms with van der Waals surface area (Å²) in [6, 6.07) is 4.06. The van der Waals surface area contributed by atoms with Gasteiger partial charge in [0.2, 0.25) is 0 Å². The molecule has 0 bridgehead atoms. The van der Waals surface area contributed by atoms with E-state index in [1.165, 1.54) is 11.3 Å². The molecule has 2 aromatic rings. The molecular formula is C13H16N4OS. The molecular weight excluding hydrogens is 260 g/mol. The molecule has 0 aliphatic carbocycles. The molecule has 2 aromatic heterocycles. The van der Waals surface area contributed by atoms with Crippen molar-refractivity contribution in [2.45, 2.75) is 26.4 Å². The molecule has 2 heterocycles. The zero-order valence-electron chi connectivity index (χ0n) is 10.9. The lowest BCUT2D eigenvalue weighted by molar-refractivity contribution is 0.0946.